The Morgan fingerprint density at radius 1 is 1.36 bits per heavy atom. The van der Waals surface area contributed by atoms with Crippen molar-refractivity contribution >= 4 is 13.4 Å². The molecule has 1 aliphatic carbocycles. The summed E-state index contributed by atoms with van der Waals surface area (Å²) < 4.78 is 11.2. The fourth-order valence-electron chi connectivity index (χ4n) is 1.15. The van der Waals surface area contributed by atoms with Crippen LogP contribution < -0.4 is 0 Å². The van der Waals surface area contributed by atoms with Crippen molar-refractivity contribution < 1.29 is 19.1 Å². The van der Waals surface area contributed by atoms with Gasteiger partial charge in [0.1, 0.15) is 0 Å². The molecule has 0 spiro atoms. The Balaban J connectivity index is 3.02. The van der Waals surface area contributed by atoms with Crippen LogP contribution in [0.3, 0.4) is 0 Å². The third-order valence-electron chi connectivity index (χ3n) is 2.41. The van der Waals surface area contributed by atoms with E-state index in [-0.39, 0.29) is 12.2 Å². The van der Waals surface area contributed by atoms with E-state index in [2.05, 4.69) is 0 Å². The predicted octanol–water partition coefficient (Wildman–Crippen LogP) is 1.40. The van der Waals surface area contributed by atoms with Gasteiger partial charge in [0.2, 0.25) is 0 Å². The van der Waals surface area contributed by atoms with Crippen molar-refractivity contribution in [1.82, 2.24) is 0 Å². The van der Waals surface area contributed by atoms with Crippen LogP contribution in [0.15, 0.2) is 23.8 Å². The predicted molar refractivity (Wildman–Crippen MR) is 53.0 cm³/mol. The second kappa shape index (κ2) is 3.46. The normalized spacial score (nSPS) is 18.3. The summed E-state index contributed by atoms with van der Waals surface area (Å²) in [7, 11) is -4.19. The first kappa shape index (κ1) is 11.4. The highest BCUT2D eigenvalue weighted by atomic mass is 31.2. The van der Waals surface area contributed by atoms with Gasteiger partial charge in [-0.25, -0.2) is 0 Å². The van der Waals surface area contributed by atoms with Gasteiger partial charge in [-0.15, -0.1) is 0 Å². The van der Waals surface area contributed by atoms with Crippen LogP contribution in [-0.2, 0) is 9.36 Å². The number of allylic oxidation sites excluding steroid dienone is 4. The SMILES string of the molecule is CC(C)(C1=CCC(=O)C=C1)P(=O)(O)O. The molecule has 78 valence electrons. The smallest absolute Gasteiger partial charge is 0.324 e. The number of carbonyl (C=O) groups is 1. The number of hydrogen-bond acceptors (Lipinski definition) is 2. The van der Waals surface area contributed by atoms with Crippen LogP contribution in [0.5, 0.6) is 0 Å². The largest absolute Gasteiger partial charge is 0.335 e. The number of ketones is 1. The number of carbonyl (C=O) groups excluding carboxylic acids is 1. The summed E-state index contributed by atoms with van der Waals surface area (Å²) in [6.07, 6.45) is 4.62. The zero-order chi connectivity index (χ0) is 11.0. The van der Waals surface area contributed by atoms with Crippen LogP contribution >= 0.6 is 7.60 Å². The number of hydrogen-bond donors (Lipinski definition) is 2. The van der Waals surface area contributed by atoms with Gasteiger partial charge in [0, 0.05) is 6.42 Å². The summed E-state index contributed by atoms with van der Waals surface area (Å²) in [5.74, 6) is -0.0461. The van der Waals surface area contributed by atoms with E-state index in [4.69, 9.17) is 9.79 Å². The van der Waals surface area contributed by atoms with Crippen LogP contribution in [-0.4, -0.2) is 20.7 Å². The van der Waals surface area contributed by atoms with Crippen LogP contribution in [0.4, 0.5) is 0 Å². The molecule has 0 unspecified atom stereocenters. The van der Waals surface area contributed by atoms with Gasteiger partial charge in [-0.3, -0.25) is 9.36 Å². The standard InChI is InChI=1S/C9H13O4P/c1-9(2,14(11,12)13)7-3-5-8(10)6-4-7/h3-5H,6H2,1-2H3,(H2,11,12,13). The van der Waals surface area contributed by atoms with Gasteiger partial charge in [-0.1, -0.05) is 12.2 Å². The lowest BCUT2D eigenvalue weighted by molar-refractivity contribution is -0.113. The van der Waals surface area contributed by atoms with Crippen LogP contribution in [0.1, 0.15) is 20.3 Å². The van der Waals surface area contributed by atoms with Gasteiger partial charge in [0.15, 0.2) is 5.78 Å². The van der Waals surface area contributed by atoms with Crippen LogP contribution in [0.2, 0.25) is 0 Å². The molecule has 0 bridgehead atoms. The van der Waals surface area contributed by atoms with Gasteiger partial charge >= 0.3 is 7.60 Å². The van der Waals surface area contributed by atoms with Crippen molar-refractivity contribution in [2.45, 2.75) is 25.4 Å². The summed E-state index contributed by atoms with van der Waals surface area (Å²) in [5.41, 5.74) is 0.519. The molecule has 0 amide bonds. The lowest BCUT2D eigenvalue weighted by Gasteiger charge is -2.28. The van der Waals surface area contributed by atoms with E-state index in [1.54, 1.807) is 6.08 Å². The van der Waals surface area contributed by atoms with E-state index < -0.39 is 12.8 Å². The van der Waals surface area contributed by atoms with Crippen molar-refractivity contribution in [2.24, 2.45) is 0 Å². The molecule has 0 heterocycles. The minimum absolute atomic E-state index is 0.0461. The first-order chi connectivity index (χ1) is 6.25. The summed E-state index contributed by atoms with van der Waals surface area (Å²) in [5, 5.41) is -1.22. The molecular weight excluding hydrogens is 203 g/mol. The Bertz CT molecular complexity index is 359. The molecule has 1 rings (SSSR count). The molecule has 0 fully saturated rings. The number of rotatable bonds is 2. The highest BCUT2D eigenvalue weighted by Gasteiger charge is 2.40. The quantitative estimate of drug-likeness (QED) is 0.684. The first-order valence-corrected chi connectivity index (χ1v) is 5.83. The third kappa shape index (κ3) is 2.03. The molecular formula is C9H13O4P. The first-order valence-electron chi connectivity index (χ1n) is 4.22. The Morgan fingerprint density at radius 2 is 1.93 bits per heavy atom. The maximum Gasteiger partial charge on any atom is 0.335 e. The van der Waals surface area contributed by atoms with Gasteiger partial charge < -0.3 is 9.79 Å². The zero-order valence-electron chi connectivity index (χ0n) is 8.10. The molecule has 1 aliphatic rings. The highest BCUT2D eigenvalue weighted by Crippen LogP contribution is 2.54. The fraction of sp³-hybridized carbons (Fsp3) is 0.444. The second-order valence-electron chi connectivity index (χ2n) is 3.77. The molecule has 0 saturated carbocycles. The second-order valence-corrected chi connectivity index (χ2v) is 5.97. The van der Waals surface area contributed by atoms with Crippen molar-refractivity contribution in [1.29, 1.82) is 0 Å². The summed E-state index contributed by atoms with van der Waals surface area (Å²) >= 11 is 0. The molecule has 5 heteroatoms. The van der Waals surface area contributed by atoms with E-state index >= 15 is 0 Å². The maximum atomic E-state index is 11.2. The zero-order valence-corrected chi connectivity index (χ0v) is 8.99. The minimum atomic E-state index is -4.19. The Labute approximate surface area is 82.5 Å². The Hall–Kier alpha value is -0.700. The van der Waals surface area contributed by atoms with Gasteiger partial charge in [-0.05, 0) is 25.5 Å². The van der Waals surface area contributed by atoms with Gasteiger partial charge in [0.25, 0.3) is 0 Å². The minimum Gasteiger partial charge on any atom is -0.324 e. The van der Waals surface area contributed by atoms with Crippen molar-refractivity contribution in [3.8, 4) is 0 Å². The fourth-order valence-corrected chi connectivity index (χ4v) is 1.65. The molecule has 0 aromatic rings. The van der Waals surface area contributed by atoms with Crippen molar-refractivity contribution in [3.05, 3.63) is 23.8 Å². The van der Waals surface area contributed by atoms with Crippen molar-refractivity contribution in [2.75, 3.05) is 0 Å². The van der Waals surface area contributed by atoms with E-state index in [1.807, 2.05) is 0 Å². The Morgan fingerprint density at radius 3 is 2.29 bits per heavy atom. The topological polar surface area (TPSA) is 74.6 Å². The van der Waals surface area contributed by atoms with Crippen molar-refractivity contribution in [3.63, 3.8) is 0 Å². The van der Waals surface area contributed by atoms with E-state index in [0.717, 1.165) is 0 Å². The van der Waals surface area contributed by atoms with Crippen LogP contribution in [0.25, 0.3) is 0 Å². The molecule has 2 N–H and O–H groups in total. The van der Waals surface area contributed by atoms with E-state index in [0.29, 0.717) is 5.57 Å². The van der Waals surface area contributed by atoms with Gasteiger partial charge in [0.05, 0.1) is 5.16 Å². The Kier molecular flexibility index (Phi) is 2.81. The average molecular weight is 216 g/mol. The molecule has 0 aliphatic heterocycles. The van der Waals surface area contributed by atoms with Crippen LogP contribution in [0, 0.1) is 0 Å². The summed E-state index contributed by atoms with van der Waals surface area (Å²) in [4.78, 5) is 29.1. The average Bonchev–Trinajstić information content (AvgIpc) is 2.03. The van der Waals surface area contributed by atoms with E-state index in [9.17, 15) is 9.36 Å². The lowest BCUT2D eigenvalue weighted by atomic mass is 9.96. The third-order valence-corrected chi connectivity index (χ3v) is 4.12. The lowest BCUT2D eigenvalue weighted by Crippen LogP contribution is -2.23. The molecule has 0 saturated heterocycles. The molecule has 0 radical (unpaired) electrons. The monoisotopic (exact) mass is 216 g/mol. The maximum absolute atomic E-state index is 11.2. The summed E-state index contributed by atoms with van der Waals surface area (Å²) in [6.45, 7) is 2.94. The van der Waals surface area contributed by atoms with E-state index in [1.165, 1.54) is 26.0 Å². The summed E-state index contributed by atoms with van der Waals surface area (Å²) in [6, 6.07) is 0. The highest BCUT2D eigenvalue weighted by molar-refractivity contribution is 7.53. The molecule has 0 aromatic heterocycles. The van der Waals surface area contributed by atoms with Gasteiger partial charge in [-0.2, -0.15) is 0 Å². The molecule has 0 aromatic carbocycles. The molecule has 4 nitrogen and oxygen atoms in total. The molecule has 0 atom stereocenters. The molecule has 14 heavy (non-hydrogen) atoms.